The number of nitrogens with two attached hydrogens (primary N) is 1. The number of hydrogen-bond donors (Lipinski definition) is 2. The predicted molar refractivity (Wildman–Crippen MR) is 110 cm³/mol. The first-order valence-corrected chi connectivity index (χ1v) is 9.08. The minimum atomic E-state index is -0.235. The van der Waals surface area contributed by atoms with Crippen molar-refractivity contribution in [2.75, 3.05) is 11.1 Å². The van der Waals surface area contributed by atoms with E-state index in [0.717, 1.165) is 17.1 Å². The minimum Gasteiger partial charge on any atom is -0.397 e. The van der Waals surface area contributed by atoms with Gasteiger partial charge >= 0.3 is 0 Å². The number of nitrogens with one attached hydrogen (secondary N) is 1. The summed E-state index contributed by atoms with van der Waals surface area (Å²) >= 11 is 1.58. The number of carbonyl (C=O) groups excluding carboxylic acids is 1. The van der Waals surface area contributed by atoms with Gasteiger partial charge in [0.25, 0.3) is 0 Å². The number of aromatic nitrogens is 1. The molecule has 0 saturated carbocycles. The number of rotatable bonds is 6. The molecule has 0 aliphatic rings. The highest BCUT2D eigenvalue weighted by molar-refractivity contribution is 7.09. The molecule has 1 amide bonds. The minimum absolute atomic E-state index is 0.235. The van der Waals surface area contributed by atoms with Gasteiger partial charge in [-0.3, -0.25) is 4.79 Å². The highest BCUT2D eigenvalue weighted by Gasteiger charge is 2.02. The summed E-state index contributed by atoms with van der Waals surface area (Å²) in [6, 6.07) is 17.3. The maximum absolute atomic E-state index is 12.0. The lowest BCUT2D eigenvalue weighted by molar-refractivity contribution is -0.111. The van der Waals surface area contributed by atoms with Crippen LogP contribution in [0.1, 0.15) is 16.3 Å². The summed E-state index contributed by atoms with van der Waals surface area (Å²) < 4.78 is 0. The average Bonchev–Trinajstić information content (AvgIpc) is 3.11. The van der Waals surface area contributed by atoms with Gasteiger partial charge in [-0.2, -0.15) is 0 Å². The van der Waals surface area contributed by atoms with Crippen molar-refractivity contribution in [3.8, 4) is 0 Å². The molecule has 130 valence electrons. The lowest BCUT2D eigenvalue weighted by Crippen LogP contribution is -2.09. The Morgan fingerprint density at radius 1 is 1.08 bits per heavy atom. The zero-order valence-corrected chi connectivity index (χ0v) is 14.9. The van der Waals surface area contributed by atoms with Crippen LogP contribution in [-0.4, -0.2) is 10.9 Å². The van der Waals surface area contributed by atoms with E-state index in [9.17, 15) is 4.79 Å². The van der Waals surface area contributed by atoms with Crippen LogP contribution < -0.4 is 11.1 Å². The van der Waals surface area contributed by atoms with Gasteiger partial charge in [0.2, 0.25) is 5.91 Å². The summed E-state index contributed by atoms with van der Waals surface area (Å²) in [6.07, 6.45) is 8.10. The molecule has 0 aliphatic carbocycles. The Morgan fingerprint density at radius 3 is 2.65 bits per heavy atom. The summed E-state index contributed by atoms with van der Waals surface area (Å²) in [5.41, 5.74) is 8.89. The summed E-state index contributed by atoms with van der Waals surface area (Å²) in [5, 5.41) is 5.69. The van der Waals surface area contributed by atoms with E-state index >= 15 is 0 Å². The van der Waals surface area contributed by atoms with Crippen molar-refractivity contribution in [1.82, 2.24) is 4.98 Å². The van der Waals surface area contributed by atoms with Gasteiger partial charge in [-0.1, -0.05) is 54.6 Å². The lowest BCUT2D eigenvalue weighted by Gasteiger charge is -2.04. The molecule has 0 saturated heterocycles. The fourth-order valence-corrected chi connectivity index (χ4v) is 3.04. The van der Waals surface area contributed by atoms with Crippen LogP contribution in [0.25, 0.3) is 12.2 Å². The number of allylic oxidation sites excluding steroid dienone is 1. The Labute approximate surface area is 156 Å². The smallest absolute Gasteiger partial charge is 0.248 e. The molecule has 1 aromatic heterocycles. The third-order valence-electron chi connectivity index (χ3n) is 3.60. The second-order valence-electron chi connectivity index (χ2n) is 5.59. The molecular weight excluding hydrogens is 342 g/mol. The molecular formula is C21H19N3OS. The SMILES string of the molecule is Nc1ccccc1NC(=O)C=Cc1csc(CC=Cc2ccccc2)n1. The molecule has 0 radical (unpaired) electrons. The zero-order chi connectivity index (χ0) is 18.2. The molecule has 0 unspecified atom stereocenters. The van der Waals surface area contributed by atoms with Crippen LogP contribution in [0.15, 0.2) is 72.1 Å². The van der Waals surface area contributed by atoms with Gasteiger partial charge in [-0.15, -0.1) is 11.3 Å². The van der Waals surface area contributed by atoms with Gasteiger partial charge in [0.1, 0.15) is 0 Å². The number of nitrogens with zero attached hydrogens (tertiary/aromatic N) is 1. The summed E-state index contributed by atoms with van der Waals surface area (Å²) in [4.78, 5) is 16.5. The van der Waals surface area contributed by atoms with Gasteiger partial charge in [0.15, 0.2) is 0 Å². The fraction of sp³-hybridized carbons (Fsp3) is 0.0476. The topological polar surface area (TPSA) is 68.0 Å². The van der Waals surface area contributed by atoms with E-state index in [4.69, 9.17) is 5.73 Å². The first-order chi connectivity index (χ1) is 12.7. The highest BCUT2D eigenvalue weighted by atomic mass is 32.1. The van der Waals surface area contributed by atoms with Crippen molar-refractivity contribution >= 4 is 40.8 Å². The van der Waals surface area contributed by atoms with E-state index in [0.29, 0.717) is 11.4 Å². The fourth-order valence-electron chi connectivity index (χ4n) is 2.30. The molecule has 4 nitrogen and oxygen atoms in total. The summed E-state index contributed by atoms with van der Waals surface area (Å²) in [6.45, 7) is 0. The van der Waals surface area contributed by atoms with Crippen LogP contribution >= 0.6 is 11.3 Å². The maximum atomic E-state index is 12.0. The Hall–Kier alpha value is -3.18. The van der Waals surface area contributed by atoms with E-state index in [2.05, 4.69) is 34.6 Å². The average molecular weight is 361 g/mol. The maximum Gasteiger partial charge on any atom is 0.248 e. The molecule has 3 rings (SSSR count). The van der Waals surface area contributed by atoms with Crippen LogP contribution in [0, 0.1) is 0 Å². The molecule has 2 aromatic carbocycles. The van der Waals surface area contributed by atoms with Crippen LogP contribution in [0.5, 0.6) is 0 Å². The van der Waals surface area contributed by atoms with Crippen LogP contribution in [0.4, 0.5) is 11.4 Å². The van der Waals surface area contributed by atoms with Gasteiger partial charge in [-0.05, 0) is 23.8 Å². The number of anilines is 2. The van der Waals surface area contributed by atoms with Crippen molar-refractivity contribution in [2.24, 2.45) is 0 Å². The molecule has 0 bridgehead atoms. The number of nitrogen functional groups attached to an aromatic ring is 1. The van der Waals surface area contributed by atoms with E-state index in [1.807, 2.05) is 35.7 Å². The second-order valence-corrected chi connectivity index (χ2v) is 6.54. The molecule has 0 aliphatic heterocycles. The number of amides is 1. The van der Waals surface area contributed by atoms with Crippen molar-refractivity contribution in [1.29, 1.82) is 0 Å². The third kappa shape index (κ3) is 5.16. The molecule has 1 heterocycles. The third-order valence-corrected chi connectivity index (χ3v) is 4.49. The molecule has 0 spiro atoms. The Morgan fingerprint density at radius 2 is 1.85 bits per heavy atom. The van der Waals surface area contributed by atoms with E-state index < -0.39 is 0 Å². The Balaban J connectivity index is 1.54. The Kier molecular flexibility index (Phi) is 5.96. The largest absolute Gasteiger partial charge is 0.397 e. The van der Waals surface area contributed by atoms with E-state index in [-0.39, 0.29) is 5.91 Å². The van der Waals surface area contributed by atoms with Gasteiger partial charge in [0.05, 0.1) is 22.1 Å². The van der Waals surface area contributed by atoms with E-state index in [1.54, 1.807) is 29.5 Å². The number of para-hydroxylation sites is 2. The number of benzene rings is 2. The number of hydrogen-bond acceptors (Lipinski definition) is 4. The summed E-state index contributed by atoms with van der Waals surface area (Å²) in [5.74, 6) is -0.235. The van der Waals surface area contributed by atoms with Crippen molar-refractivity contribution in [3.63, 3.8) is 0 Å². The van der Waals surface area contributed by atoms with Gasteiger partial charge < -0.3 is 11.1 Å². The van der Waals surface area contributed by atoms with Crippen LogP contribution in [0.2, 0.25) is 0 Å². The quantitative estimate of drug-likeness (QED) is 0.497. The van der Waals surface area contributed by atoms with E-state index in [1.165, 1.54) is 11.6 Å². The molecule has 3 N–H and O–H groups in total. The number of thiazole rings is 1. The molecule has 0 fully saturated rings. The van der Waals surface area contributed by atoms with Crippen molar-refractivity contribution in [3.05, 3.63) is 88.4 Å². The molecule has 5 heteroatoms. The molecule has 3 aromatic rings. The first kappa shape index (κ1) is 17.6. The van der Waals surface area contributed by atoms with Crippen molar-refractivity contribution < 1.29 is 4.79 Å². The monoisotopic (exact) mass is 361 g/mol. The Bertz CT molecular complexity index is 929. The second kappa shape index (κ2) is 8.78. The number of carbonyl (C=O) groups is 1. The van der Waals surface area contributed by atoms with Crippen LogP contribution in [-0.2, 0) is 11.2 Å². The van der Waals surface area contributed by atoms with Crippen molar-refractivity contribution in [2.45, 2.75) is 6.42 Å². The molecule has 26 heavy (non-hydrogen) atoms. The predicted octanol–water partition coefficient (Wildman–Crippen LogP) is 4.63. The highest BCUT2D eigenvalue weighted by Crippen LogP contribution is 2.17. The van der Waals surface area contributed by atoms with Gasteiger partial charge in [-0.25, -0.2) is 4.98 Å². The standard InChI is InChI=1S/C21H19N3OS/c22-18-10-4-5-11-19(18)24-20(25)14-13-17-15-26-21(23-17)12-6-9-16-7-2-1-3-8-16/h1-11,13-15H,12,22H2,(H,24,25). The normalized spacial score (nSPS) is 11.2. The first-order valence-electron chi connectivity index (χ1n) is 8.20. The lowest BCUT2D eigenvalue weighted by atomic mass is 10.2. The van der Waals surface area contributed by atoms with Gasteiger partial charge in [0, 0.05) is 17.9 Å². The molecule has 0 atom stereocenters. The zero-order valence-electron chi connectivity index (χ0n) is 14.1. The van der Waals surface area contributed by atoms with Crippen LogP contribution in [0.3, 0.4) is 0 Å². The summed E-state index contributed by atoms with van der Waals surface area (Å²) in [7, 11) is 0.